The van der Waals surface area contributed by atoms with E-state index in [4.69, 9.17) is 4.74 Å². The standard InChI is InChI=1S/C16H15NO3/c1-2-15(18)17-13-8-10-14(11-9-13)20-16(19)12-6-4-3-5-7-12/h3-11H,2H2,1H3,(H,17,18). The Morgan fingerprint density at radius 1 is 1.00 bits per heavy atom. The summed E-state index contributed by atoms with van der Waals surface area (Å²) in [7, 11) is 0. The molecule has 0 atom stereocenters. The zero-order valence-electron chi connectivity index (χ0n) is 11.1. The molecule has 1 amide bonds. The van der Waals surface area contributed by atoms with E-state index in [2.05, 4.69) is 5.32 Å². The Kier molecular flexibility index (Phi) is 4.50. The fourth-order valence-electron chi connectivity index (χ4n) is 1.60. The van der Waals surface area contributed by atoms with Crippen LogP contribution in [0.15, 0.2) is 54.6 Å². The van der Waals surface area contributed by atoms with Gasteiger partial charge in [0.1, 0.15) is 5.75 Å². The van der Waals surface area contributed by atoms with Gasteiger partial charge >= 0.3 is 5.97 Å². The van der Waals surface area contributed by atoms with Gasteiger partial charge in [-0.05, 0) is 36.4 Å². The van der Waals surface area contributed by atoms with Crippen molar-refractivity contribution in [2.75, 3.05) is 5.32 Å². The normalized spacial score (nSPS) is 9.85. The highest BCUT2D eigenvalue weighted by atomic mass is 16.5. The van der Waals surface area contributed by atoms with Crippen LogP contribution in [-0.2, 0) is 4.79 Å². The summed E-state index contributed by atoms with van der Waals surface area (Å²) >= 11 is 0. The molecule has 0 bridgehead atoms. The fourth-order valence-corrected chi connectivity index (χ4v) is 1.60. The molecule has 0 fully saturated rings. The van der Waals surface area contributed by atoms with E-state index < -0.39 is 5.97 Å². The van der Waals surface area contributed by atoms with Crippen molar-refractivity contribution in [2.45, 2.75) is 13.3 Å². The summed E-state index contributed by atoms with van der Waals surface area (Å²) in [6.45, 7) is 1.78. The molecule has 0 radical (unpaired) electrons. The number of amides is 1. The van der Waals surface area contributed by atoms with Crippen LogP contribution in [0.1, 0.15) is 23.7 Å². The molecule has 4 nitrogen and oxygen atoms in total. The summed E-state index contributed by atoms with van der Waals surface area (Å²) in [5.41, 5.74) is 1.17. The van der Waals surface area contributed by atoms with E-state index in [1.165, 1.54) is 0 Å². The summed E-state index contributed by atoms with van der Waals surface area (Å²) in [6.07, 6.45) is 0.421. The summed E-state index contributed by atoms with van der Waals surface area (Å²) in [5, 5.41) is 2.72. The van der Waals surface area contributed by atoms with Gasteiger partial charge in [0.25, 0.3) is 0 Å². The van der Waals surface area contributed by atoms with E-state index in [0.29, 0.717) is 23.4 Å². The molecule has 0 saturated carbocycles. The van der Waals surface area contributed by atoms with Crippen molar-refractivity contribution < 1.29 is 14.3 Å². The third-order valence-electron chi connectivity index (χ3n) is 2.68. The smallest absolute Gasteiger partial charge is 0.343 e. The Labute approximate surface area is 117 Å². The Hall–Kier alpha value is -2.62. The van der Waals surface area contributed by atoms with Crippen molar-refractivity contribution in [1.82, 2.24) is 0 Å². The van der Waals surface area contributed by atoms with E-state index in [-0.39, 0.29) is 5.91 Å². The topological polar surface area (TPSA) is 55.4 Å². The van der Waals surface area contributed by atoms with Crippen LogP contribution in [0, 0.1) is 0 Å². The predicted octanol–water partition coefficient (Wildman–Crippen LogP) is 3.25. The number of hydrogen-bond donors (Lipinski definition) is 1. The molecule has 0 saturated heterocycles. The average Bonchev–Trinajstić information content (AvgIpc) is 2.50. The zero-order chi connectivity index (χ0) is 14.4. The van der Waals surface area contributed by atoms with Crippen molar-refractivity contribution >= 4 is 17.6 Å². The quantitative estimate of drug-likeness (QED) is 0.684. The lowest BCUT2D eigenvalue weighted by atomic mass is 10.2. The Balaban J connectivity index is 2.00. The number of rotatable bonds is 4. The van der Waals surface area contributed by atoms with Gasteiger partial charge in [0.05, 0.1) is 5.56 Å². The minimum atomic E-state index is -0.407. The predicted molar refractivity (Wildman–Crippen MR) is 76.8 cm³/mol. The maximum absolute atomic E-state index is 11.8. The SMILES string of the molecule is CCC(=O)Nc1ccc(OC(=O)c2ccccc2)cc1. The number of esters is 1. The highest BCUT2D eigenvalue weighted by molar-refractivity contribution is 5.92. The average molecular weight is 269 g/mol. The van der Waals surface area contributed by atoms with E-state index >= 15 is 0 Å². The Morgan fingerprint density at radius 2 is 1.65 bits per heavy atom. The van der Waals surface area contributed by atoms with Crippen LogP contribution in [0.2, 0.25) is 0 Å². The number of anilines is 1. The van der Waals surface area contributed by atoms with E-state index in [1.54, 1.807) is 55.5 Å². The summed E-state index contributed by atoms with van der Waals surface area (Å²) in [4.78, 5) is 23.1. The molecule has 0 aliphatic heterocycles. The first-order valence-electron chi connectivity index (χ1n) is 6.36. The second-order valence-corrected chi connectivity index (χ2v) is 4.18. The van der Waals surface area contributed by atoms with Gasteiger partial charge in [-0.3, -0.25) is 4.79 Å². The van der Waals surface area contributed by atoms with Gasteiger partial charge in [-0.15, -0.1) is 0 Å². The van der Waals surface area contributed by atoms with Crippen molar-refractivity contribution in [1.29, 1.82) is 0 Å². The van der Waals surface area contributed by atoms with E-state index in [0.717, 1.165) is 0 Å². The molecule has 102 valence electrons. The molecular weight excluding hydrogens is 254 g/mol. The second kappa shape index (κ2) is 6.52. The van der Waals surface area contributed by atoms with Crippen LogP contribution in [0.5, 0.6) is 5.75 Å². The fraction of sp³-hybridized carbons (Fsp3) is 0.125. The number of nitrogens with one attached hydrogen (secondary N) is 1. The minimum absolute atomic E-state index is 0.0565. The molecule has 2 rings (SSSR count). The third kappa shape index (κ3) is 3.68. The van der Waals surface area contributed by atoms with Gasteiger partial charge < -0.3 is 10.1 Å². The number of carbonyl (C=O) groups is 2. The van der Waals surface area contributed by atoms with E-state index in [1.807, 2.05) is 6.07 Å². The lowest BCUT2D eigenvalue weighted by Gasteiger charge is -2.06. The molecule has 4 heteroatoms. The number of benzene rings is 2. The van der Waals surface area contributed by atoms with Crippen LogP contribution >= 0.6 is 0 Å². The van der Waals surface area contributed by atoms with Crippen LogP contribution in [-0.4, -0.2) is 11.9 Å². The molecule has 0 aliphatic rings. The Morgan fingerprint density at radius 3 is 2.25 bits per heavy atom. The Bertz CT molecular complexity index is 591. The molecule has 2 aromatic rings. The lowest BCUT2D eigenvalue weighted by molar-refractivity contribution is -0.115. The molecule has 0 aliphatic carbocycles. The first-order valence-corrected chi connectivity index (χ1v) is 6.36. The monoisotopic (exact) mass is 269 g/mol. The first kappa shape index (κ1) is 13.8. The summed E-state index contributed by atoms with van der Waals surface area (Å²) in [5.74, 6) is -0.0247. The minimum Gasteiger partial charge on any atom is -0.423 e. The van der Waals surface area contributed by atoms with Crippen LogP contribution < -0.4 is 10.1 Å². The van der Waals surface area contributed by atoms with Crippen LogP contribution in [0.4, 0.5) is 5.69 Å². The maximum Gasteiger partial charge on any atom is 0.343 e. The maximum atomic E-state index is 11.8. The highest BCUT2D eigenvalue weighted by Gasteiger charge is 2.07. The molecule has 0 heterocycles. The number of ether oxygens (including phenoxy) is 1. The van der Waals surface area contributed by atoms with Crippen LogP contribution in [0.3, 0.4) is 0 Å². The third-order valence-corrected chi connectivity index (χ3v) is 2.68. The molecule has 20 heavy (non-hydrogen) atoms. The van der Waals surface area contributed by atoms with Gasteiger partial charge in [0, 0.05) is 12.1 Å². The summed E-state index contributed by atoms with van der Waals surface area (Å²) < 4.78 is 5.24. The van der Waals surface area contributed by atoms with E-state index in [9.17, 15) is 9.59 Å². The molecule has 1 N–H and O–H groups in total. The molecule has 0 unspecified atom stereocenters. The number of hydrogen-bond acceptors (Lipinski definition) is 3. The summed E-state index contributed by atoms with van der Waals surface area (Å²) in [6, 6.07) is 15.5. The first-order chi connectivity index (χ1) is 9.69. The van der Waals surface area contributed by atoms with Gasteiger partial charge in [0.2, 0.25) is 5.91 Å². The van der Waals surface area contributed by atoms with Crippen molar-refractivity contribution in [3.63, 3.8) is 0 Å². The van der Waals surface area contributed by atoms with Crippen molar-refractivity contribution in [2.24, 2.45) is 0 Å². The molecular formula is C16H15NO3. The number of carbonyl (C=O) groups excluding carboxylic acids is 2. The molecule has 0 aromatic heterocycles. The zero-order valence-corrected chi connectivity index (χ0v) is 11.1. The second-order valence-electron chi connectivity index (χ2n) is 4.18. The molecule has 0 spiro atoms. The highest BCUT2D eigenvalue weighted by Crippen LogP contribution is 2.17. The van der Waals surface area contributed by atoms with Gasteiger partial charge in [-0.1, -0.05) is 25.1 Å². The van der Waals surface area contributed by atoms with Crippen molar-refractivity contribution in [3.05, 3.63) is 60.2 Å². The van der Waals surface area contributed by atoms with Crippen molar-refractivity contribution in [3.8, 4) is 5.75 Å². The van der Waals surface area contributed by atoms with Gasteiger partial charge in [0.15, 0.2) is 0 Å². The van der Waals surface area contributed by atoms with Crippen LogP contribution in [0.25, 0.3) is 0 Å². The lowest BCUT2D eigenvalue weighted by Crippen LogP contribution is -2.10. The van der Waals surface area contributed by atoms with Gasteiger partial charge in [-0.25, -0.2) is 4.79 Å². The van der Waals surface area contributed by atoms with Gasteiger partial charge in [-0.2, -0.15) is 0 Å². The largest absolute Gasteiger partial charge is 0.423 e. The molecule has 2 aromatic carbocycles.